The molecule has 0 aliphatic carbocycles. The number of aliphatic hydroxyl groups excluding tert-OH is 1. The van der Waals surface area contributed by atoms with E-state index in [1.54, 1.807) is 12.1 Å². The van der Waals surface area contributed by atoms with Gasteiger partial charge in [0, 0.05) is 6.54 Å². The second kappa shape index (κ2) is 8.28. The van der Waals surface area contributed by atoms with E-state index < -0.39 is 6.10 Å². The normalized spacial score (nSPS) is 18.3. The van der Waals surface area contributed by atoms with Crippen LogP contribution in [0.4, 0.5) is 0 Å². The predicted octanol–water partition coefficient (Wildman–Crippen LogP) is 2.26. The Labute approximate surface area is 134 Å². The third-order valence-corrected chi connectivity index (χ3v) is 4.55. The van der Waals surface area contributed by atoms with Crippen molar-refractivity contribution in [2.24, 2.45) is 5.92 Å². The van der Waals surface area contributed by atoms with Gasteiger partial charge in [-0.1, -0.05) is 12.1 Å². The summed E-state index contributed by atoms with van der Waals surface area (Å²) in [6.07, 6.45) is 3.27. The van der Waals surface area contributed by atoms with Crippen molar-refractivity contribution in [3.8, 4) is 6.07 Å². The fourth-order valence-corrected chi connectivity index (χ4v) is 3.03. The van der Waals surface area contributed by atoms with Crippen molar-refractivity contribution in [1.29, 1.82) is 5.26 Å². The quantitative estimate of drug-likeness (QED) is 0.875. The van der Waals surface area contributed by atoms with E-state index in [2.05, 4.69) is 30.0 Å². The number of β-amino-alcohol motifs (C(OH)–C–C–N with tert-alkyl or cyclic N) is 1. The van der Waals surface area contributed by atoms with Gasteiger partial charge in [-0.2, -0.15) is 5.26 Å². The van der Waals surface area contributed by atoms with Gasteiger partial charge in [0.15, 0.2) is 0 Å². The van der Waals surface area contributed by atoms with E-state index in [1.165, 1.54) is 25.8 Å². The SMILES string of the molecule is CN(C)CCC1CCN(CC(O)c2ccc(C#N)cc2)CC1. The average Bonchev–Trinajstić information content (AvgIpc) is 2.54. The van der Waals surface area contributed by atoms with Gasteiger partial charge in [0.25, 0.3) is 0 Å². The zero-order chi connectivity index (χ0) is 15.9. The zero-order valence-electron chi connectivity index (χ0n) is 13.7. The molecule has 1 unspecified atom stereocenters. The Hall–Kier alpha value is -1.41. The number of likely N-dealkylation sites (tertiary alicyclic amines) is 1. The van der Waals surface area contributed by atoms with Crippen LogP contribution in [-0.2, 0) is 0 Å². The first-order valence-corrected chi connectivity index (χ1v) is 8.13. The lowest BCUT2D eigenvalue weighted by Gasteiger charge is -2.33. The van der Waals surface area contributed by atoms with Gasteiger partial charge >= 0.3 is 0 Å². The highest BCUT2D eigenvalue weighted by Gasteiger charge is 2.21. The molecular formula is C18H27N3O. The molecule has 1 aromatic rings. The van der Waals surface area contributed by atoms with Gasteiger partial charge < -0.3 is 14.9 Å². The summed E-state index contributed by atoms with van der Waals surface area (Å²) in [7, 11) is 4.26. The van der Waals surface area contributed by atoms with E-state index in [9.17, 15) is 5.11 Å². The van der Waals surface area contributed by atoms with Gasteiger partial charge in [-0.05, 0) is 76.6 Å². The van der Waals surface area contributed by atoms with E-state index in [0.29, 0.717) is 12.1 Å². The summed E-state index contributed by atoms with van der Waals surface area (Å²) in [5.74, 6) is 0.825. The third kappa shape index (κ3) is 5.10. The average molecular weight is 301 g/mol. The molecule has 1 fully saturated rings. The Morgan fingerprint density at radius 3 is 2.45 bits per heavy atom. The highest BCUT2D eigenvalue weighted by atomic mass is 16.3. The van der Waals surface area contributed by atoms with Crippen molar-refractivity contribution in [2.45, 2.75) is 25.4 Å². The summed E-state index contributed by atoms with van der Waals surface area (Å²) in [5.41, 5.74) is 1.53. The Bertz CT molecular complexity index is 484. The molecule has 0 bridgehead atoms. The summed E-state index contributed by atoms with van der Waals surface area (Å²) < 4.78 is 0. The zero-order valence-corrected chi connectivity index (χ0v) is 13.7. The minimum absolute atomic E-state index is 0.467. The fraction of sp³-hybridized carbons (Fsp3) is 0.611. The van der Waals surface area contributed by atoms with Crippen LogP contribution in [0, 0.1) is 17.2 Å². The molecular weight excluding hydrogens is 274 g/mol. The van der Waals surface area contributed by atoms with Crippen LogP contribution in [0.5, 0.6) is 0 Å². The molecule has 1 aliphatic rings. The molecule has 2 rings (SSSR count). The van der Waals surface area contributed by atoms with Gasteiger partial charge in [-0.15, -0.1) is 0 Å². The Balaban J connectivity index is 1.76. The summed E-state index contributed by atoms with van der Waals surface area (Å²) in [6.45, 7) is 4.00. The minimum atomic E-state index is -0.467. The molecule has 1 aliphatic heterocycles. The van der Waals surface area contributed by atoms with Gasteiger partial charge in [0.05, 0.1) is 17.7 Å². The van der Waals surface area contributed by atoms with Crippen LogP contribution >= 0.6 is 0 Å². The van der Waals surface area contributed by atoms with Crippen LogP contribution in [0.1, 0.15) is 36.5 Å². The number of hydrogen-bond acceptors (Lipinski definition) is 4. The largest absolute Gasteiger partial charge is 0.387 e. The molecule has 1 N–H and O–H groups in total. The number of nitrogens with zero attached hydrogens (tertiary/aromatic N) is 3. The molecule has 22 heavy (non-hydrogen) atoms. The number of benzene rings is 1. The van der Waals surface area contributed by atoms with Crippen molar-refractivity contribution in [2.75, 3.05) is 40.3 Å². The van der Waals surface area contributed by atoms with Crippen molar-refractivity contribution in [3.05, 3.63) is 35.4 Å². The summed E-state index contributed by atoms with van der Waals surface area (Å²) >= 11 is 0. The number of piperidine rings is 1. The van der Waals surface area contributed by atoms with Crippen LogP contribution < -0.4 is 0 Å². The molecule has 0 aromatic heterocycles. The van der Waals surface area contributed by atoms with Crippen molar-refractivity contribution in [1.82, 2.24) is 9.80 Å². The van der Waals surface area contributed by atoms with E-state index in [0.717, 1.165) is 24.6 Å². The molecule has 4 heteroatoms. The molecule has 1 atom stereocenters. The predicted molar refractivity (Wildman–Crippen MR) is 88.5 cm³/mol. The van der Waals surface area contributed by atoms with Crippen molar-refractivity contribution in [3.63, 3.8) is 0 Å². The van der Waals surface area contributed by atoms with Crippen LogP contribution in [0.2, 0.25) is 0 Å². The van der Waals surface area contributed by atoms with Crippen LogP contribution in [0.25, 0.3) is 0 Å². The van der Waals surface area contributed by atoms with E-state index in [-0.39, 0.29) is 0 Å². The lowest BCUT2D eigenvalue weighted by Crippen LogP contribution is -2.37. The number of hydrogen-bond donors (Lipinski definition) is 1. The first kappa shape index (κ1) is 17.0. The lowest BCUT2D eigenvalue weighted by atomic mass is 9.93. The van der Waals surface area contributed by atoms with Crippen molar-refractivity contribution < 1.29 is 5.11 Å². The van der Waals surface area contributed by atoms with Crippen LogP contribution in [0.15, 0.2) is 24.3 Å². The maximum Gasteiger partial charge on any atom is 0.0991 e. The second-order valence-electron chi connectivity index (χ2n) is 6.59. The van der Waals surface area contributed by atoms with Gasteiger partial charge in [0.2, 0.25) is 0 Å². The maximum atomic E-state index is 10.3. The molecule has 0 saturated carbocycles. The first-order chi connectivity index (χ1) is 10.6. The van der Waals surface area contributed by atoms with E-state index >= 15 is 0 Å². The Kier molecular flexibility index (Phi) is 6.38. The minimum Gasteiger partial charge on any atom is -0.387 e. The number of aliphatic hydroxyl groups is 1. The smallest absolute Gasteiger partial charge is 0.0991 e. The first-order valence-electron chi connectivity index (χ1n) is 8.13. The summed E-state index contributed by atoms with van der Waals surface area (Å²) in [6, 6.07) is 9.35. The molecule has 0 amide bonds. The summed E-state index contributed by atoms with van der Waals surface area (Å²) in [5, 5.41) is 19.2. The van der Waals surface area contributed by atoms with Crippen molar-refractivity contribution >= 4 is 0 Å². The molecule has 4 nitrogen and oxygen atoms in total. The molecule has 0 spiro atoms. The monoisotopic (exact) mass is 301 g/mol. The third-order valence-electron chi connectivity index (χ3n) is 4.55. The number of rotatable bonds is 6. The maximum absolute atomic E-state index is 10.3. The molecule has 1 aromatic carbocycles. The lowest BCUT2D eigenvalue weighted by molar-refractivity contribution is 0.0868. The topological polar surface area (TPSA) is 50.5 Å². The van der Waals surface area contributed by atoms with Gasteiger partial charge in [-0.25, -0.2) is 0 Å². The van der Waals surface area contributed by atoms with E-state index in [1.807, 2.05) is 12.1 Å². The fourth-order valence-electron chi connectivity index (χ4n) is 3.03. The molecule has 120 valence electrons. The van der Waals surface area contributed by atoms with Crippen LogP contribution in [-0.4, -0.2) is 55.2 Å². The highest BCUT2D eigenvalue weighted by Crippen LogP contribution is 2.23. The standard InChI is InChI=1S/C18H27N3O/c1-20(2)10-7-15-8-11-21(12-9-15)14-18(22)17-5-3-16(13-19)4-6-17/h3-6,15,18,22H,7-12,14H2,1-2H3. The van der Waals surface area contributed by atoms with Gasteiger partial charge in [-0.3, -0.25) is 0 Å². The Morgan fingerprint density at radius 1 is 1.27 bits per heavy atom. The van der Waals surface area contributed by atoms with Crippen LogP contribution in [0.3, 0.4) is 0 Å². The highest BCUT2D eigenvalue weighted by molar-refractivity contribution is 5.32. The molecule has 1 heterocycles. The molecule has 0 radical (unpaired) electrons. The molecule has 1 saturated heterocycles. The Morgan fingerprint density at radius 2 is 1.91 bits per heavy atom. The number of nitriles is 1. The van der Waals surface area contributed by atoms with E-state index in [4.69, 9.17) is 5.26 Å². The second-order valence-corrected chi connectivity index (χ2v) is 6.59. The summed E-state index contributed by atoms with van der Waals surface area (Å²) in [4.78, 5) is 4.61. The van der Waals surface area contributed by atoms with Gasteiger partial charge in [0.1, 0.15) is 0 Å².